The summed E-state index contributed by atoms with van der Waals surface area (Å²) in [7, 11) is 5.52. The lowest BCUT2D eigenvalue weighted by Crippen LogP contribution is -2.47. The van der Waals surface area contributed by atoms with Gasteiger partial charge in [0.25, 0.3) is 5.91 Å². The highest BCUT2D eigenvalue weighted by molar-refractivity contribution is 5.92. The van der Waals surface area contributed by atoms with Gasteiger partial charge in [0.05, 0.1) is 7.11 Å². The SMILES string of the molecule is COc1ccc(CN2CCC([C@@H](Cc3ccccc3)N(C)C(=O)c3ccn(C)n3)CC2)c2ccccc12. The number of ether oxygens (including phenoxy) is 1. The van der Waals surface area contributed by atoms with Crippen LogP contribution in [0.1, 0.15) is 34.5 Å². The fourth-order valence-electron chi connectivity index (χ4n) is 5.72. The number of likely N-dealkylation sites (N-methyl/N-ethyl adjacent to an activating group) is 1. The fourth-order valence-corrected chi connectivity index (χ4v) is 5.72. The van der Waals surface area contributed by atoms with Gasteiger partial charge in [0.15, 0.2) is 0 Å². The molecule has 0 radical (unpaired) electrons. The lowest BCUT2D eigenvalue weighted by Gasteiger charge is -2.40. The second kappa shape index (κ2) is 11.2. The predicted molar refractivity (Wildman–Crippen MR) is 148 cm³/mol. The zero-order valence-electron chi connectivity index (χ0n) is 22.0. The molecule has 0 spiro atoms. The molecule has 1 atom stereocenters. The largest absolute Gasteiger partial charge is 0.496 e. The van der Waals surface area contributed by atoms with Gasteiger partial charge in [-0.25, -0.2) is 0 Å². The van der Waals surface area contributed by atoms with Gasteiger partial charge in [0.2, 0.25) is 0 Å². The van der Waals surface area contributed by atoms with Gasteiger partial charge in [-0.15, -0.1) is 0 Å². The second-order valence-corrected chi connectivity index (χ2v) is 10.1. The molecule has 3 aromatic carbocycles. The molecule has 0 unspecified atom stereocenters. The second-order valence-electron chi connectivity index (χ2n) is 10.1. The third-order valence-corrected chi connectivity index (χ3v) is 7.80. The summed E-state index contributed by atoms with van der Waals surface area (Å²) < 4.78 is 7.27. The average molecular weight is 497 g/mol. The Labute approximate surface area is 219 Å². The highest BCUT2D eigenvalue weighted by atomic mass is 16.5. The molecule has 37 heavy (non-hydrogen) atoms. The number of methoxy groups -OCH3 is 1. The molecule has 0 bridgehead atoms. The van der Waals surface area contributed by atoms with Crippen molar-refractivity contribution in [2.75, 3.05) is 27.2 Å². The Morgan fingerprint density at radius 1 is 1.00 bits per heavy atom. The Kier molecular flexibility index (Phi) is 7.56. The number of hydrogen-bond donors (Lipinski definition) is 0. The van der Waals surface area contributed by atoms with Crippen LogP contribution in [0.4, 0.5) is 0 Å². The quantitative estimate of drug-likeness (QED) is 0.337. The van der Waals surface area contributed by atoms with E-state index in [0.29, 0.717) is 11.6 Å². The van der Waals surface area contributed by atoms with Crippen molar-refractivity contribution in [1.29, 1.82) is 0 Å². The van der Waals surface area contributed by atoms with E-state index in [2.05, 4.69) is 70.7 Å². The van der Waals surface area contributed by atoms with E-state index in [9.17, 15) is 4.79 Å². The summed E-state index contributed by atoms with van der Waals surface area (Å²) in [5.41, 5.74) is 3.10. The average Bonchev–Trinajstić information content (AvgIpc) is 3.38. The number of fused-ring (bicyclic) bond motifs is 1. The first kappa shape index (κ1) is 25.0. The molecule has 1 saturated heterocycles. The monoisotopic (exact) mass is 496 g/mol. The van der Waals surface area contributed by atoms with Crippen LogP contribution in [0.3, 0.4) is 0 Å². The van der Waals surface area contributed by atoms with Crippen molar-refractivity contribution in [3.05, 3.63) is 95.8 Å². The molecule has 6 heteroatoms. The summed E-state index contributed by atoms with van der Waals surface area (Å²) >= 11 is 0. The summed E-state index contributed by atoms with van der Waals surface area (Å²) in [5, 5.41) is 6.79. The number of piperidine rings is 1. The third kappa shape index (κ3) is 5.54. The minimum atomic E-state index is -0.00587. The van der Waals surface area contributed by atoms with E-state index in [1.165, 1.54) is 16.5 Å². The van der Waals surface area contributed by atoms with Gasteiger partial charge in [-0.3, -0.25) is 14.4 Å². The lowest BCUT2D eigenvalue weighted by atomic mass is 9.84. The van der Waals surface area contributed by atoms with Gasteiger partial charge in [-0.2, -0.15) is 5.10 Å². The number of carbonyl (C=O) groups excluding carboxylic acids is 1. The first-order chi connectivity index (χ1) is 18.0. The molecule has 5 rings (SSSR count). The molecule has 4 aromatic rings. The van der Waals surface area contributed by atoms with Gasteiger partial charge >= 0.3 is 0 Å². The van der Waals surface area contributed by atoms with Crippen molar-refractivity contribution in [1.82, 2.24) is 19.6 Å². The van der Waals surface area contributed by atoms with Crippen molar-refractivity contribution in [3.63, 3.8) is 0 Å². The maximum atomic E-state index is 13.3. The number of nitrogens with zero attached hydrogens (tertiary/aromatic N) is 4. The van der Waals surface area contributed by atoms with E-state index in [1.54, 1.807) is 17.9 Å². The van der Waals surface area contributed by atoms with Crippen LogP contribution in [0.5, 0.6) is 5.75 Å². The molecule has 0 aliphatic carbocycles. The number of likely N-dealkylation sites (tertiary alicyclic amines) is 1. The number of aryl methyl sites for hydroxylation is 1. The Hall–Kier alpha value is -3.64. The number of aromatic nitrogens is 2. The molecular weight excluding hydrogens is 460 g/mol. The molecule has 6 nitrogen and oxygen atoms in total. The maximum Gasteiger partial charge on any atom is 0.274 e. The molecule has 1 aliphatic heterocycles. The van der Waals surface area contributed by atoms with Gasteiger partial charge in [-0.05, 0) is 66.9 Å². The van der Waals surface area contributed by atoms with Crippen LogP contribution in [-0.4, -0.2) is 58.8 Å². The molecule has 1 aromatic heterocycles. The predicted octanol–water partition coefficient (Wildman–Crippen LogP) is 5.18. The number of rotatable bonds is 8. The highest BCUT2D eigenvalue weighted by Crippen LogP contribution is 2.31. The van der Waals surface area contributed by atoms with Gasteiger partial charge < -0.3 is 9.64 Å². The first-order valence-corrected chi connectivity index (χ1v) is 13.1. The molecular formula is C31H36N4O2. The lowest BCUT2D eigenvalue weighted by molar-refractivity contribution is 0.0579. The van der Waals surface area contributed by atoms with Gasteiger partial charge in [-0.1, -0.05) is 60.7 Å². The molecule has 2 heterocycles. The standard InChI is InChI=1S/C31H36N4O2/c1-33-18-17-28(32-33)31(36)34(2)29(21-23-9-5-4-6-10-23)24-15-19-35(20-16-24)22-25-13-14-30(37-3)27-12-8-7-11-26(25)27/h4-14,17-18,24,29H,15-16,19-22H2,1-3H3/t29-/m1/s1. The van der Waals surface area contributed by atoms with Crippen molar-refractivity contribution < 1.29 is 9.53 Å². The molecule has 1 amide bonds. The highest BCUT2D eigenvalue weighted by Gasteiger charge is 2.32. The molecule has 0 N–H and O–H groups in total. The summed E-state index contributed by atoms with van der Waals surface area (Å²) in [6.45, 7) is 2.95. The van der Waals surface area contributed by atoms with Crippen LogP contribution in [-0.2, 0) is 20.0 Å². The van der Waals surface area contributed by atoms with Crippen molar-refractivity contribution >= 4 is 16.7 Å². The van der Waals surface area contributed by atoms with E-state index < -0.39 is 0 Å². The van der Waals surface area contributed by atoms with E-state index >= 15 is 0 Å². The number of amides is 1. The number of hydrogen-bond acceptors (Lipinski definition) is 4. The van der Waals surface area contributed by atoms with Crippen LogP contribution in [0.25, 0.3) is 10.8 Å². The van der Waals surface area contributed by atoms with E-state index in [4.69, 9.17) is 4.74 Å². The summed E-state index contributed by atoms with van der Waals surface area (Å²) in [5.74, 6) is 1.35. The van der Waals surface area contributed by atoms with E-state index in [1.807, 2.05) is 31.3 Å². The van der Waals surface area contributed by atoms with Crippen LogP contribution in [0.2, 0.25) is 0 Å². The summed E-state index contributed by atoms with van der Waals surface area (Å²) in [6.07, 6.45) is 4.80. The summed E-state index contributed by atoms with van der Waals surface area (Å²) in [6, 6.07) is 25.2. The van der Waals surface area contributed by atoms with Gasteiger partial charge in [0.1, 0.15) is 11.4 Å². The minimum Gasteiger partial charge on any atom is -0.496 e. The fraction of sp³-hybridized carbons (Fsp3) is 0.355. The summed E-state index contributed by atoms with van der Waals surface area (Å²) in [4.78, 5) is 17.8. The maximum absolute atomic E-state index is 13.3. The smallest absolute Gasteiger partial charge is 0.274 e. The molecule has 192 valence electrons. The Morgan fingerprint density at radius 3 is 2.38 bits per heavy atom. The Morgan fingerprint density at radius 2 is 1.70 bits per heavy atom. The molecule has 0 saturated carbocycles. The molecule has 1 fully saturated rings. The van der Waals surface area contributed by atoms with E-state index in [0.717, 1.165) is 50.0 Å². The third-order valence-electron chi connectivity index (χ3n) is 7.80. The van der Waals surface area contributed by atoms with Crippen molar-refractivity contribution in [2.24, 2.45) is 13.0 Å². The van der Waals surface area contributed by atoms with Crippen molar-refractivity contribution in [2.45, 2.75) is 31.8 Å². The number of benzene rings is 3. The van der Waals surface area contributed by atoms with Gasteiger partial charge in [0, 0.05) is 38.3 Å². The Bertz CT molecular complexity index is 1340. The van der Waals surface area contributed by atoms with Crippen LogP contribution >= 0.6 is 0 Å². The zero-order valence-corrected chi connectivity index (χ0v) is 22.0. The topological polar surface area (TPSA) is 50.6 Å². The van der Waals surface area contributed by atoms with Crippen LogP contribution in [0.15, 0.2) is 79.0 Å². The zero-order chi connectivity index (χ0) is 25.8. The first-order valence-electron chi connectivity index (χ1n) is 13.1. The number of carbonyl (C=O) groups is 1. The molecule has 1 aliphatic rings. The Balaban J connectivity index is 1.30. The van der Waals surface area contributed by atoms with Crippen LogP contribution in [0, 0.1) is 5.92 Å². The minimum absolute atomic E-state index is 0.00587. The normalized spacial score (nSPS) is 15.5. The van der Waals surface area contributed by atoms with E-state index in [-0.39, 0.29) is 11.9 Å². The van der Waals surface area contributed by atoms with Crippen LogP contribution < -0.4 is 4.74 Å². The van der Waals surface area contributed by atoms with Crippen molar-refractivity contribution in [3.8, 4) is 5.75 Å².